The van der Waals surface area contributed by atoms with Crippen LogP contribution in [0.5, 0.6) is 5.75 Å². The predicted molar refractivity (Wildman–Crippen MR) is 102 cm³/mol. The quantitative estimate of drug-likeness (QED) is 0.825. The molecular formula is C22H27NO3. The minimum absolute atomic E-state index is 0.0573. The molecule has 1 saturated heterocycles. The monoisotopic (exact) mass is 353 g/mol. The van der Waals surface area contributed by atoms with Crippen LogP contribution in [0.3, 0.4) is 0 Å². The maximum Gasteiger partial charge on any atom is 0.261 e. The summed E-state index contributed by atoms with van der Waals surface area (Å²) < 4.78 is 11.4. The third kappa shape index (κ3) is 4.44. The molecule has 4 nitrogen and oxygen atoms in total. The summed E-state index contributed by atoms with van der Waals surface area (Å²) in [6, 6.07) is 19.9. The fourth-order valence-corrected chi connectivity index (χ4v) is 3.48. The largest absolute Gasteiger partial charge is 0.481 e. The second-order valence-electron chi connectivity index (χ2n) is 6.80. The molecule has 1 amide bonds. The van der Waals surface area contributed by atoms with Crippen molar-refractivity contribution in [3.8, 4) is 5.75 Å². The van der Waals surface area contributed by atoms with E-state index in [2.05, 4.69) is 29.6 Å². The van der Waals surface area contributed by atoms with Gasteiger partial charge in [0.2, 0.25) is 0 Å². The molecule has 4 heteroatoms. The van der Waals surface area contributed by atoms with Gasteiger partial charge >= 0.3 is 0 Å². The zero-order valence-electron chi connectivity index (χ0n) is 15.3. The first-order chi connectivity index (χ1) is 12.7. The van der Waals surface area contributed by atoms with Gasteiger partial charge in [0.1, 0.15) is 5.75 Å². The Morgan fingerprint density at radius 2 is 1.69 bits per heavy atom. The number of hydrogen-bond donors (Lipinski definition) is 1. The van der Waals surface area contributed by atoms with Gasteiger partial charge in [-0.3, -0.25) is 4.79 Å². The molecule has 1 fully saturated rings. The molecule has 1 N–H and O–H groups in total. The van der Waals surface area contributed by atoms with E-state index in [1.807, 2.05) is 43.3 Å². The summed E-state index contributed by atoms with van der Waals surface area (Å²) >= 11 is 0. The highest BCUT2D eigenvalue weighted by molar-refractivity contribution is 5.81. The predicted octanol–water partition coefficient (Wildman–Crippen LogP) is 3.71. The number of para-hydroxylation sites is 1. The van der Waals surface area contributed by atoms with Crippen molar-refractivity contribution in [2.24, 2.45) is 0 Å². The Morgan fingerprint density at radius 1 is 1.08 bits per heavy atom. The number of benzene rings is 2. The lowest BCUT2D eigenvalue weighted by Crippen LogP contribution is -2.48. The molecule has 1 aliphatic heterocycles. The minimum Gasteiger partial charge on any atom is -0.481 e. The smallest absolute Gasteiger partial charge is 0.261 e. The van der Waals surface area contributed by atoms with Gasteiger partial charge in [0.15, 0.2) is 6.10 Å². The molecule has 1 aliphatic rings. The summed E-state index contributed by atoms with van der Waals surface area (Å²) in [4.78, 5) is 12.7. The van der Waals surface area contributed by atoms with Gasteiger partial charge in [-0.15, -0.1) is 0 Å². The fraction of sp³-hybridized carbons (Fsp3) is 0.409. The number of amides is 1. The zero-order chi connectivity index (χ0) is 18.2. The van der Waals surface area contributed by atoms with Crippen molar-refractivity contribution in [3.63, 3.8) is 0 Å². The second-order valence-corrected chi connectivity index (χ2v) is 6.80. The van der Waals surface area contributed by atoms with Gasteiger partial charge in [0.25, 0.3) is 5.91 Å². The van der Waals surface area contributed by atoms with E-state index >= 15 is 0 Å². The van der Waals surface area contributed by atoms with Crippen molar-refractivity contribution in [1.29, 1.82) is 0 Å². The van der Waals surface area contributed by atoms with Crippen LogP contribution in [0.2, 0.25) is 0 Å². The molecule has 0 bridgehead atoms. The van der Waals surface area contributed by atoms with E-state index in [1.165, 1.54) is 5.56 Å². The molecule has 0 unspecified atom stereocenters. The van der Waals surface area contributed by atoms with Crippen molar-refractivity contribution in [1.82, 2.24) is 5.32 Å². The number of rotatable bonds is 7. The molecule has 0 aliphatic carbocycles. The molecule has 138 valence electrons. The normalized spacial score (nSPS) is 17.3. The number of carbonyl (C=O) groups excluding carboxylic acids is 1. The number of hydrogen-bond acceptors (Lipinski definition) is 3. The first kappa shape index (κ1) is 18.5. The number of ether oxygens (including phenoxy) is 2. The van der Waals surface area contributed by atoms with Crippen LogP contribution in [0.4, 0.5) is 0 Å². The standard InChI is InChI=1S/C22H27NO3/c1-2-20(26-19-11-7-4-8-12-19)21(24)23-17-22(13-15-25-16-14-22)18-9-5-3-6-10-18/h3-12,20H,2,13-17H2,1H3,(H,23,24)/t20-/m1/s1. The van der Waals surface area contributed by atoms with Gasteiger partial charge in [-0.25, -0.2) is 0 Å². The van der Waals surface area contributed by atoms with E-state index in [0.717, 1.165) is 31.8 Å². The Bertz CT molecular complexity index is 681. The first-order valence-corrected chi connectivity index (χ1v) is 9.36. The van der Waals surface area contributed by atoms with Crippen LogP contribution >= 0.6 is 0 Å². The van der Waals surface area contributed by atoms with Gasteiger partial charge in [0, 0.05) is 25.2 Å². The molecule has 0 saturated carbocycles. The molecule has 2 aromatic carbocycles. The molecule has 1 atom stereocenters. The molecule has 0 aromatic heterocycles. The lowest BCUT2D eigenvalue weighted by molar-refractivity contribution is -0.128. The van der Waals surface area contributed by atoms with E-state index in [4.69, 9.17) is 9.47 Å². The van der Waals surface area contributed by atoms with Crippen LogP contribution in [0.15, 0.2) is 60.7 Å². The summed E-state index contributed by atoms with van der Waals surface area (Å²) in [7, 11) is 0. The fourth-order valence-electron chi connectivity index (χ4n) is 3.48. The first-order valence-electron chi connectivity index (χ1n) is 9.36. The van der Waals surface area contributed by atoms with Crippen molar-refractivity contribution in [2.75, 3.05) is 19.8 Å². The van der Waals surface area contributed by atoms with Crippen LogP contribution in [-0.2, 0) is 14.9 Å². The van der Waals surface area contributed by atoms with Crippen LogP contribution < -0.4 is 10.1 Å². The summed E-state index contributed by atoms with van der Waals surface area (Å²) in [5, 5.41) is 3.14. The topological polar surface area (TPSA) is 47.6 Å². The van der Waals surface area contributed by atoms with E-state index in [-0.39, 0.29) is 11.3 Å². The van der Waals surface area contributed by atoms with E-state index < -0.39 is 6.10 Å². The Labute approximate surface area is 155 Å². The Kier molecular flexibility index (Phi) is 6.29. The Hall–Kier alpha value is -2.33. The molecule has 0 spiro atoms. The van der Waals surface area contributed by atoms with E-state index in [9.17, 15) is 4.79 Å². The van der Waals surface area contributed by atoms with Crippen LogP contribution in [0, 0.1) is 0 Å². The number of carbonyl (C=O) groups is 1. The highest BCUT2D eigenvalue weighted by Gasteiger charge is 2.35. The molecule has 26 heavy (non-hydrogen) atoms. The van der Waals surface area contributed by atoms with Gasteiger partial charge in [-0.1, -0.05) is 55.5 Å². The molecule has 0 radical (unpaired) electrons. The van der Waals surface area contributed by atoms with Crippen molar-refractivity contribution in [2.45, 2.75) is 37.7 Å². The minimum atomic E-state index is -0.481. The Balaban J connectivity index is 1.67. The van der Waals surface area contributed by atoms with Gasteiger partial charge in [-0.05, 0) is 37.0 Å². The summed E-state index contributed by atoms with van der Waals surface area (Å²) in [5.41, 5.74) is 1.20. The zero-order valence-corrected chi connectivity index (χ0v) is 15.3. The average Bonchev–Trinajstić information content (AvgIpc) is 2.72. The van der Waals surface area contributed by atoms with Crippen LogP contribution in [0.25, 0.3) is 0 Å². The van der Waals surface area contributed by atoms with Crippen LogP contribution in [-0.4, -0.2) is 31.8 Å². The molecule has 3 rings (SSSR count). The van der Waals surface area contributed by atoms with E-state index in [0.29, 0.717) is 13.0 Å². The molecule has 2 aromatic rings. The van der Waals surface area contributed by atoms with Crippen molar-refractivity contribution < 1.29 is 14.3 Å². The maximum atomic E-state index is 12.7. The van der Waals surface area contributed by atoms with E-state index in [1.54, 1.807) is 0 Å². The second kappa shape index (κ2) is 8.86. The van der Waals surface area contributed by atoms with Gasteiger partial charge < -0.3 is 14.8 Å². The summed E-state index contributed by atoms with van der Waals surface area (Å²) in [6.45, 7) is 4.02. The lowest BCUT2D eigenvalue weighted by atomic mass is 9.74. The highest BCUT2D eigenvalue weighted by Crippen LogP contribution is 2.34. The highest BCUT2D eigenvalue weighted by atomic mass is 16.5. The maximum absolute atomic E-state index is 12.7. The van der Waals surface area contributed by atoms with Gasteiger partial charge in [-0.2, -0.15) is 0 Å². The third-order valence-electron chi connectivity index (χ3n) is 5.12. The molecule has 1 heterocycles. The van der Waals surface area contributed by atoms with Crippen molar-refractivity contribution in [3.05, 3.63) is 66.2 Å². The SMILES string of the molecule is CC[C@@H](Oc1ccccc1)C(=O)NCC1(c2ccccc2)CCOCC1. The van der Waals surface area contributed by atoms with Crippen LogP contribution in [0.1, 0.15) is 31.7 Å². The Morgan fingerprint density at radius 3 is 2.31 bits per heavy atom. The van der Waals surface area contributed by atoms with Gasteiger partial charge in [0.05, 0.1) is 0 Å². The average molecular weight is 353 g/mol. The summed E-state index contributed by atoms with van der Waals surface area (Å²) in [6.07, 6.45) is 1.97. The lowest BCUT2D eigenvalue weighted by Gasteiger charge is -2.38. The number of nitrogens with one attached hydrogen (secondary N) is 1. The van der Waals surface area contributed by atoms with Crippen molar-refractivity contribution >= 4 is 5.91 Å². The third-order valence-corrected chi connectivity index (χ3v) is 5.12. The summed E-state index contributed by atoms with van der Waals surface area (Å²) in [5.74, 6) is 0.663. The molecular weight excluding hydrogens is 326 g/mol.